The summed E-state index contributed by atoms with van der Waals surface area (Å²) in [4.78, 5) is 7.34. The van der Waals surface area contributed by atoms with Gasteiger partial charge in [0.2, 0.25) is 0 Å². The molecule has 2 aromatic rings. The Morgan fingerprint density at radius 3 is 2.86 bits per heavy atom. The van der Waals surface area contributed by atoms with Crippen molar-refractivity contribution >= 4 is 11.5 Å². The minimum atomic E-state index is 0.477. The number of pyridine rings is 1. The first kappa shape index (κ1) is 14.4. The maximum Gasteiger partial charge on any atom is 0.152 e. The Kier molecular flexibility index (Phi) is 4.15. The number of nitrogens with zero attached hydrogens (tertiary/aromatic N) is 3. The molecular weight excluding hydrogens is 260 g/mol. The summed E-state index contributed by atoms with van der Waals surface area (Å²) in [5.41, 5.74) is 2.32. The van der Waals surface area contributed by atoms with Gasteiger partial charge < -0.3 is 14.6 Å². The van der Waals surface area contributed by atoms with Crippen molar-refractivity contribution in [1.29, 1.82) is 0 Å². The van der Waals surface area contributed by atoms with Gasteiger partial charge in [-0.2, -0.15) is 0 Å². The molecule has 2 heterocycles. The Labute approximate surface area is 127 Å². The molecule has 0 bridgehead atoms. The van der Waals surface area contributed by atoms with Gasteiger partial charge in [-0.05, 0) is 37.8 Å². The second-order valence-electron chi connectivity index (χ2n) is 6.33. The largest absolute Gasteiger partial charge is 0.355 e. The van der Waals surface area contributed by atoms with E-state index in [4.69, 9.17) is 4.98 Å². The van der Waals surface area contributed by atoms with E-state index in [1.165, 1.54) is 18.5 Å². The summed E-state index contributed by atoms with van der Waals surface area (Å²) < 4.78 is 2.22. The van der Waals surface area contributed by atoms with Crippen LogP contribution in [0.4, 0.5) is 5.82 Å². The van der Waals surface area contributed by atoms with Crippen molar-refractivity contribution in [2.24, 2.45) is 5.92 Å². The number of imidazole rings is 1. The van der Waals surface area contributed by atoms with Gasteiger partial charge in [0.15, 0.2) is 5.82 Å². The molecule has 0 spiro atoms. The Balaban J connectivity index is 1.95. The topological polar surface area (TPSA) is 32.6 Å². The molecule has 21 heavy (non-hydrogen) atoms. The molecule has 1 saturated carbocycles. The molecule has 2 aromatic heterocycles. The summed E-state index contributed by atoms with van der Waals surface area (Å²) in [5, 5.41) is 3.54. The first-order valence-corrected chi connectivity index (χ1v) is 8.13. The summed E-state index contributed by atoms with van der Waals surface area (Å²) in [6.45, 7) is 9.63. The van der Waals surface area contributed by atoms with Crippen molar-refractivity contribution in [3.05, 3.63) is 30.1 Å². The van der Waals surface area contributed by atoms with Crippen LogP contribution in [0.1, 0.15) is 39.3 Å². The SMILES string of the molecule is CCN(CC1CC1)c1nc2ccccn2c1CNC(C)C. The van der Waals surface area contributed by atoms with E-state index < -0.39 is 0 Å². The average Bonchev–Trinajstić information content (AvgIpc) is 3.22. The number of rotatable bonds is 7. The molecule has 4 nitrogen and oxygen atoms in total. The van der Waals surface area contributed by atoms with Crippen molar-refractivity contribution in [1.82, 2.24) is 14.7 Å². The fourth-order valence-electron chi connectivity index (χ4n) is 2.73. The third kappa shape index (κ3) is 3.21. The molecule has 0 aliphatic heterocycles. The smallest absolute Gasteiger partial charge is 0.152 e. The zero-order valence-electron chi connectivity index (χ0n) is 13.3. The summed E-state index contributed by atoms with van der Waals surface area (Å²) in [6.07, 6.45) is 4.88. The standard InChI is InChI=1S/C17H26N4/c1-4-20(12-14-8-9-14)17-15(11-18-13(2)3)21-10-6-5-7-16(21)19-17/h5-7,10,13-14,18H,4,8-9,11-12H2,1-3H3. The van der Waals surface area contributed by atoms with Gasteiger partial charge in [-0.15, -0.1) is 0 Å². The van der Waals surface area contributed by atoms with E-state index >= 15 is 0 Å². The van der Waals surface area contributed by atoms with Crippen LogP contribution in [-0.4, -0.2) is 28.5 Å². The molecule has 0 aromatic carbocycles. The van der Waals surface area contributed by atoms with Crippen molar-refractivity contribution in [3.8, 4) is 0 Å². The van der Waals surface area contributed by atoms with E-state index in [2.05, 4.69) is 59.8 Å². The van der Waals surface area contributed by atoms with Crippen LogP contribution >= 0.6 is 0 Å². The number of hydrogen-bond acceptors (Lipinski definition) is 3. The van der Waals surface area contributed by atoms with Crippen LogP contribution < -0.4 is 10.2 Å². The molecule has 4 heteroatoms. The molecule has 0 radical (unpaired) electrons. The Morgan fingerprint density at radius 2 is 2.19 bits per heavy atom. The molecule has 1 aliphatic carbocycles. The van der Waals surface area contributed by atoms with Gasteiger partial charge in [0, 0.05) is 31.9 Å². The van der Waals surface area contributed by atoms with Crippen molar-refractivity contribution in [3.63, 3.8) is 0 Å². The number of anilines is 1. The number of fused-ring (bicyclic) bond motifs is 1. The highest BCUT2D eigenvalue weighted by molar-refractivity contribution is 5.56. The minimum absolute atomic E-state index is 0.477. The zero-order valence-corrected chi connectivity index (χ0v) is 13.3. The lowest BCUT2D eigenvalue weighted by Crippen LogP contribution is -2.29. The predicted molar refractivity (Wildman–Crippen MR) is 87.8 cm³/mol. The highest BCUT2D eigenvalue weighted by atomic mass is 15.2. The van der Waals surface area contributed by atoms with Gasteiger partial charge in [0.25, 0.3) is 0 Å². The monoisotopic (exact) mass is 286 g/mol. The highest BCUT2D eigenvalue weighted by Crippen LogP contribution is 2.32. The maximum atomic E-state index is 4.89. The van der Waals surface area contributed by atoms with E-state index in [0.29, 0.717) is 6.04 Å². The quantitative estimate of drug-likeness (QED) is 0.849. The lowest BCUT2D eigenvalue weighted by atomic mass is 10.3. The van der Waals surface area contributed by atoms with Gasteiger partial charge in [-0.25, -0.2) is 4.98 Å². The lowest BCUT2D eigenvalue weighted by Gasteiger charge is -2.22. The van der Waals surface area contributed by atoms with Crippen LogP contribution in [0.15, 0.2) is 24.4 Å². The molecule has 3 rings (SSSR count). The summed E-state index contributed by atoms with van der Waals surface area (Å²) in [7, 11) is 0. The second kappa shape index (κ2) is 6.06. The van der Waals surface area contributed by atoms with Gasteiger partial charge >= 0.3 is 0 Å². The van der Waals surface area contributed by atoms with Crippen LogP contribution in [-0.2, 0) is 6.54 Å². The summed E-state index contributed by atoms with van der Waals surface area (Å²) in [5.74, 6) is 2.03. The third-order valence-corrected chi connectivity index (χ3v) is 4.14. The van der Waals surface area contributed by atoms with E-state index in [1.54, 1.807) is 0 Å². The maximum absolute atomic E-state index is 4.89. The summed E-state index contributed by atoms with van der Waals surface area (Å²) >= 11 is 0. The molecule has 0 saturated heterocycles. The van der Waals surface area contributed by atoms with Crippen LogP contribution in [0.5, 0.6) is 0 Å². The first-order valence-electron chi connectivity index (χ1n) is 8.13. The normalized spacial score (nSPS) is 15.0. The fraction of sp³-hybridized carbons (Fsp3) is 0.588. The average molecular weight is 286 g/mol. The third-order valence-electron chi connectivity index (χ3n) is 4.14. The van der Waals surface area contributed by atoms with E-state index in [1.807, 2.05) is 0 Å². The number of aromatic nitrogens is 2. The van der Waals surface area contributed by atoms with Crippen molar-refractivity contribution in [2.75, 3.05) is 18.0 Å². The Hall–Kier alpha value is -1.55. The highest BCUT2D eigenvalue weighted by Gasteiger charge is 2.26. The van der Waals surface area contributed by atoms with Crippen LogP contribution in [0.25, 0.3) is 5.65 Å². The zero-order chi connectivity index (χ0) is 14.8. The van der Waals surface area contributed by atoms with E-state index in [9.17, 15) is 0 Å². The van der Waals surface area contributed by atoms with E-state index in [0.717, 1.165) is 37.0 Å². The lowest BCUT2D eigenvalue weighted by molar-refractivity contribution is 0.577. The van der Waals surface area contributed by atoms with Crippen molar-refractivity contribution < 1.29 is 0 Å². The first-order chi connectivity index (χ1) is 10.2. The van der Waals surface area contributed by atoms with E-state index in [-0.39, 0.29) is 0 Å². The van der Waals surface area contributed by atoms with Gasteiger partial charge in [0.1, 0.15) is 5.65 Å². The molecule has 1 fully saturated rings. The molecular formula is C17H26N4. The van der Waals surface area contributed by atoms with Crippen molar-refractivity contribution in [2.45, 2.75) is 46.2 Å². The molecule has 0 atom stereocenters. The molecule has 1 aliphatic rings. The fourth-order valence-corrected chi connectivity index (χ4v) is 2.73. The second-order valence-corrected chi connectivity index (χ2v) is 6.33. The van der Waals surface area contributed by atoms with Crippen LogP contribution in [0, 0.1) is 5.92 Å². The predicted octanol–water partition coefficient (Wildman–Crippen LogP) is 3.07. The number of nitrogens with one attached hydrogen (secondary N) is 1. The molecule has 114 valence electrons. The van der Waals surface area contributed by atoms with Gasteiger partial charge in [-0.3, -0.25) is 0 Å². The van der Waals surface area contributed by atoms with Crippen LogP contribution in [0.2, 0.25) is 0 Å². The minimum Gasteiger partial charge on any atom is -0.355 e. The molecule has 1 N–H and O–H groups in total. The van der Waals surface area contributed by atoms with Crippen LogP contribution in [0.3, 0.4) is 0 Å². The molecule has 0 unspecified atom stereocenters. The summed E-state index contributed by atoms with van der Waals surface area (Å²) in [6, 6.07) is 6.70. The van der Waals surface area contributed by atoms with Gasteiger partial charge in [-0.1, -0.05) is 19.9 Å². The Bertz CT molecular complexity index is 598. The Morgan fingerprint density at radius 1 is 1.38 bits per heavy atom. The number of hydrogen-bond donors (Lipinski definition) is 1. The molecule has 0 amide bonds. The van der Waals surface area contributed by atoms with Gasteiger partial charge in [0.05, 0.1) is 5.69 Å².